The summed E-state index contributed by atoms with van der Waals surface area (Å²) < 4.78 is 13.6. The molecule has 0 saturated heterocycles. The molecule has 5 aliphatic rings. The van der Waals surface area contributed by atoms with Gasteiger partial charge in [0.2, 0.25) is 0 Å². The zero-order valence-electron chi connectivity index (χ0n) is 26.1. The van der Waals surface area contributed by atoms with E-state index in [0.717, 1.165) is 29.6 Å². The van der Waals surface area contributed by atoms with E-state index in [-0.39, 0.29) is 5.60 Å². The van der Waals surface area contributed by atoms with Crippen molar-refractivity contribution in [3.05, 3.63) is 0 Å². The average Bonchev–Trinajstić information content (AvgIpc) is 3.18. The van der Waals surface area contributed by atoms with Crippen molar-refractivity contribution in [2.75, 3.05) is 7.11 Å². The minimum absolute atomic E-state index is 0.174. The number of rotatable bonds is 6. The summed E-state index contributed by atoms with van der Waals surface area (Å²) in [5.41, 5.74) is 1.12. The molecule has 0 radical (unpaired) electrons. The lowest BCUT2D eigenvalue weighted by Crippen LogP contribution is -2.57. The molecule has 37 heavy (non-hydrogen) atoms. The van der Waals surface area contributed by atoms with Gasteiger partial charge in [-0.05, 0) is 129 Å². The lowest BCUT2D eigenvalue weighted by Gasteiger charge is -2.62. The van der Waals surface area contributed by atoms with Gasteiger partial charge in [-0.1, -0.05) is 66.7 Å². The third-order valence-electron chi connectivity index (χ3n) is 14.1. The minimum Gasteiger partial charge on any atom is -0.413 e. The Balaban J connectivity index is 1.26. The summed E-state index contributed by atoms with van der Waals surface area (Å²) in [5.74, 6) is 4.61. The second-order valence-electron chi connectivity index (χ2n) is 16.8. The van der Waals surface area contributed by atoms with Crippen molar-refractivity contribution in [1.82, 2.24) is 0 Å². The molecule has 0 spiro atoms. The highest BCUT2D eigenvalue weighted by atomic mass is 28.4. The number of methoxy groups -OCH3 is 1. The Kier molecular flexibility index (Phi) is 7.90. The van der Waals surface area contributed by atoms with Crippen LogP contribution in [0.3, 0.4) is 0 Å². The lowest BCUT2D eigenvalue weighted by atomic mass is 9.44. The molecule has 5 aliphatic carbocycles. The van der Waals surface area contributed by atoms with Crippen LogP contribution in [0.5, 0.6) is 0 Å². The van der Waals surface area contributed by atoms with E-state index >= 15 is 0 Å². The standard InChI is InChI=1S/C34H62O2Si/c1-31(2,3)37(7,8)36-30-17-16-28-27-15-14-26-24-34(35-6,21-18-25-12-10-9-11-13-25)23-22-32(26,4)29(27)19-20-33(28,30)5/h25-30H,9-24H2,1-8H3/t26?,27-,28-,29-,30-,32-,33-,34+/m0/s1. The molecule has 214 valence electrons. The van der Waals surface area contributed by atoms with Gasteiger partial charge in [-0.3, -0.25) is 0 Å². The largest absolute Gasteiger partial charge is 0.413 e. The molecule has 2 nitrogen and oxygen atoms in total. The second kappa shape index (κ2) is 10.2. The Morgan fingerprint density at radius 1 is 0.784 bits per heavy atom. The summed E-state index contributed by atoms with van der Waals surface area (Å²) >= 11 is 0. The van der Waals surface area contributed by atoms with Crippen molar-refractivity contribution in [2.45, 2.75) is 167 Å². The fourth-order valence-electron chi connectivity index (χ4n) is 10.4. The van der Waals surface area contributed by atoms with E-state index in [0.29, 0.717) is 22.0 Å². The highest BCUT2D eigenvalue weighted by molar-refractivity contribution is 6.74. The first-order valence-electron chi connectivity index (χ1n) is 16.6. The van der Waals surface area contributed by atoms with Crippen LogP contribution in [0.1, 0.15) is 137 Å². The Hall–Kier alpha value is 0.137. The van der Waals surface area contributed by atoms with Crippen LogP contribution in [0.4, 0.5) is 0 Å². The third-order valence-corrected chi connectivity index (χ3v) is 18.6. The topological polar surface area (TPSA) is 18.5 Å². The molecule has 0 aromatic rings. The van der Waals surface area contributed by atoms with Gasteiger partial charge in [-0.2, -0.15) is 0 Å². The van der Waals surface area contributed by atoms with Crippen LogP contribution in [-0.4, -0.2) is 27.1 Å². The minimum atomic E-state index is -1.73. The quantitative estimate of drug-likeness (QED) is 0.318. The Bertz CT molecular complexity index is 796. The van der Waals surface area contributed by atoms with Gasteiger partial charge >= 0.3 is 0 Å². The van der Waals surface area contributed by atoms with Crippen molar-refractivity contribution in [2.24, 2.45) is 40.4 Å². The summed E-state index contributed by atoms with van der Waals surface area (Å²) in [6.45, 7) is 17.5. The van der Waals surface area contributed by atoms with Gasteiger partial charge in [-0.25, -0.2) is 0 Å². The van der Waals surface area contributed by atoms with Crippen molar-refractivity contribution in [3.63, 3.8) is 0 Å². The molecule has 1 unspecified atom stereocenters. The number of fused-ring (bicyclic) bond motifs is 5. The SMILES string of the molecule is CO[C@]1(CCC2CCCCC2)CC[C@@]2(C)C(CC[C@H]3[C@@H]4CC[C@H](O[Si](C)(C)C(C)(C)C)[C@@]4(C)CC[C@@H]32)C1. The number of hydrogen-bond donors (Lipinski definition) is 0. The van der Waals surface area contributed by atoms with Crippen molar-refractivity contribution >= 4 is 8.32 Å². The molecule has 0 aromatic carbocycles. The zero-order valence-corrected chi connectivity index (χ0v) is 27.1. The predicted molar refractivity (Wildman–Crippen MR) is 159 cm³/mol. The monoisotopic (exact) mass is 530 g/mol. The van der Waals surface area contributed by atoms with Crippen molar-refractivity contribution < 1.29 is 9.16 Å². The number of hydrogen-bond acceptors (Lipinski definition) is 2. The molecule has 8 atom stereocenters. The van der Waals surface area contributed by atoms with Crippen LogP contribution in [0.2, 0.25) is 18.1 Å². The smallest absolute Gasteiger partial charge is 0.192 e. The fraction of sp³-hybridized carbons (Fsp3) is 1.00. The van der Waals surface area contributed by atoms with Gasteiger partial charge in [0.05, 0.1) is 11.7 Å². The Morgan fingerprint density at radius 3 is 2.16 bits per heavy atom. The van der Waals surface area contributed by atoms with E-state index in [1.54, 1.807) is 0 Å². The maximum Gasteiger partial charge on any atom is 0.192 e. The van der Waals surface area contributed by atoms with E-state index in [1.807, 2.05) is 7.11 Å². The first-order valence-corrected chi connectivity index (χ1v) is 19.5. The maximum atomic E-state index is 7.19. The average molecular weight is 531 g/mol. The van der Waals surface area contributed by atoms with Gasteiger partial charge in [0.15, 0.2) is 8.32 Å². The van der Waals surface area contributed by atoms with Crippen LogP contribution in [0.15, 0.2) is 0 Å². The van der Waals surface area contributed by atoms with Crippen LogP contribution in [-0.2, 0) is 9.16 Å². The molecule has 0 aliphatic heterocycles. The molecule has 0 heterocycles. The molecule has 0 aromatic heterocycles. The van der Waals surface area contributed by atoms with Gasteiger partial charge in [0, 0.05) is 7.11 Å². The van der Waals surface area contributed by atoms with Gasteiger partial charge in [0.1, 0.15) is 0 Å². The molecule has 5 saturated carbocycles. The summed E-state index contributed by atoms with van der Waals surface area (Å²) in [6, 6.07) is 0. The van der Waals surface area contributed by atoms with E-state index in [2.05, 4.69) is 47.7 Å². The summed E-state index contributed by atoms with van der Waals surface area (Å²) in [7, 11) is 0.309. The molecule has 0 bridgehead atoms. The molecule has 3 heteroatoms. The van der Waals surface area contributed by atoms with E-state index in [4.69, 9.17) is 9.16 Å². The first kappa shape index (κ1) is 28.7. The molecule has 5 rings (SSSR count). The molecule has 0 N–H and O–H groups in total. The molecule has 0 amide bonds. The van der Waals surface area contributed by atoms with Crippen LogP contribution >= 0.6 is 0 Å². The second-order valence-corrected chi connectivity index (χ2v) is 21.5. The van der Waals surface area contributed by atoms with Crippen LogP contribution < -0.4 is 0 Å². The highest BCUT2D eigenvalue weighted by Crippen LogP contribution is 2.68. The normalized spacial score (nSPS) is 45.2. The fourth-order valence-corrected chi connectivity index (χ4v) is 11.9. The van der Waals surface area contributed by atoms with Gasteiger partial charge in [0.25, 0.3) is 0 Å². The number of ether oxygens (including phenoxy) is 1. The first-order chi connectivity index (χ1) is 17.3. The molecule has 5 fully saturated rings. The predicted octanol–water partition coefficient (Wildman–Crippen LogP) is 10.2. The molecular formula is C34H62O2Si. The maximum absolute atomic E-state index is 7.19. The zero-order chi connectivity index (χ0) is 26.7. The summed E-state index contributed by atoms with van der Waals surface area (Å²) in [6.07, 6.45) is 23.2. The van der Waals surface area contributed by atoms with Crippen molar-refractivity contribution in [1.29, 1.82) is 0 Å². The third kappa shape index (κ3) is 5.07. The van der Waals surface area contributed by atoms with Crippen LogP contribution in [0, 0.1) is 40.4 Å². The molecular weight excluding hydrogens is 468 g/mol. The Morgan fingerprint density at radius 2 is 1.49 bits per heavy atom. The van der Waals surface area contributed by atoms with E-state index in [9.17, 15) is 0 Å². The highest BCUT2D eigenvalue weighted by Gasteiger charge is 2.62. The van der Waals surface area contributed by atoms with Crippen LogP contribution in [0.25, 0.3) is 0 Å². The van der Waals surface area contributed by atoms with Crippen molar-refractivity contribution in [3.8, 4) is 0 Å². The lowest BCUT2D eigenvalue weighted by molar-refractivity contribution is -0.164. The van der Waals surface area contributed by atoms with E-state index in [1.165, 1.54) is 103 Å². The van der Waals surface area contributed by atoms with Gasteiger partial charge < -0.3 is 9.16 Å². The summed E-state index contributed by atoms with van der Waals surface area (Å²) in [4.78, 5) is 0. The Labute approximate surface area is 231 Å². The van der Waals surface area contributed by atoms with Gasteiger partial charge in [-0.15, -0.1) is 0 Å². The van der Waals surface area contributed by atoms with E-state index < -0.39 is 8.32 Å². The summed E-state index contributed by atoms with van der Waals surface area (Å²) in [5, 5.41) is 0.303.